The molecule has 0 radical (unpaired) electrons. The van der Waals surface area contributed by atoms with Gasteiger partial charge in [-0.3, -0.25) is 0 Å². The third kappa shape index (κ3) is 5.92. The van der Waals surface area contributed by atoms with Crippen molar-refractivity contribution in [2.45, 2.75) is 122 Å². The highest BCUT2D eigenvalue weighted by Gasteiger charge is 2.34. The van der Waals surface area contributed by atoms with E-state index in [1.165, 1.54) is 56.9 Å². The van der Waals surface area contributed by atoms with Gasteiger partial charge in [0.1, 0.15) is 0 Å². The number of hydrogen-bond donors (Lipinski definition) is 0. The molecule has 3 aliphatic rings. The molecular formula is C30H48. The van der Waals surface area contributed by atoms with Gasteiger partial charge in [0.25, 0.3) is 0 Å². The van der Waals surface area contributed by atoms with Gasteiger partial charge in [0, 0.05) is 0 Å². The van der Waals surface area contributed by atoms with E-state index >= 15 is 0 Å². The fraction of sp³-hybridized carbons (Fsp3) is 0.800. The first-order valence-corrected chi connectivity index (χ1v) is 13.8. The highest BCUT2D eigenvalue weighted by Crippen LogP contribution is 2.47. The largest absolute Gasteiger partial charge is 0.0654 e. The SMILES string of the molecule is CCCCCC1CCC(C2CCC(C3CCC(c4ccc(C)cc4)CC3)CC2)CC1. The second-order valence-electron chi connectivity index (χ2n) is 11.5. The Morgan fingerprint density at radius 3 is 1.57 bits per heavy atom. The summed E-state index contributed by atoms with van der Waals surface area (Å²) in [6.45, 7) is 4.54. The number of aryl methyl sites for hydroxylation is 1. The summed E-state index contributed by atoms with van der Waals surface area (Å²) in [6, 6.07) is 9.40. The average molecular weight is 409 g/mol. The van der Waals surface area contributed by atoms with Crippen molar-refractivity contribution in [1.82, 2.24) is 0 Å². The van der Waals surface area contributed by atoms with E-state index in [1.807, 2.05) is 0 Å². The zero-order chi connectivity index (χ0) is 20.8. The lowest BCUT2D eigenvalue weighted by atomic mass is 9.64. The molecule has 0 spiro atoms. The van der Waals surface area contributed by atoms with Crippen LogP contribution in [0.15, 0.2) is 24.3 Å². The molecule has 30 heavy (non-hydrogen) atoms. The van der Waals surface area contributed by atoms with E-state index in [1.54, 1.807) is 56.9 Å². The van der Waals surface area contributed by atoms with Gasteiger partial charge in [0.15, 0.2) is 0 Å². The molecule has 3 fully saturated rings. The van der Waals surface area contributed by atoms with Crippen LogP contribution in [-0.2, 0) is 0 Å². The van der Waals surface area contributed by atoms with Crippen LogP contribution in [0.4, 0.5) is 0 Å². The summed E-state index contributed by atoms with van der Waals surface area (Å²) in [7, 11) is 0. The minimum atomic E-state index is 0.839. The highest BCUT2D eigenvalue weighted by molar-refractivity contribution is 5.24. The van der Waals surface area contributed by atoms with Crippen LogP contribution in [0, 0.1) is 36.5 Å². The van der Waals surface area contributed by atoms with E-state index in [-0.39, 0.29) is 0 Å². The zero-order valence-corrected chi connectivity index (χ0v) is 20.1. The first-order valence-electron chi connectivity index (χ1n) is 13.8. The third-order valence-electron chi connectivity index (χ3n) is 9.58. The molecule has 0 nitrogen and oxygen atoms in total. The monoisotopic (exact) mass is 408 g/mol. The lowest BCUT2D eigenvalue weighted by Crippen LogP contribution is -2.29. The summed E-state index contributed by atoms with van der Waals surface area (Å²) in [5.41, 5.74) is 3.00. The fourth-order valence-corrected chi connectivity index (χ4v) is 7.48. The van der Waals surface area contributed by atoms with Crippen molar-refractivity contribution in [2.75, 3.05) is 0 Å². The molecule has 1 aromatic rings. The molecule has 1 aromatic carbocycles. The summed E-state index contributed by atoms with van der Waals surface area (Å²) < 4.78 is 0. The Hall–Kier alpha value is -0.780. The second kappa shape index (κ2) is 11.2. The zero-order valence-electron chi connectivity index (χ0n) is 20.1. The predicted molar refractivity (Wildman–Crippen MR) is 131 cm³/mol. The molecule has 0 N–H and O–H groups in total. The predicted octanol–water partition coefficient (Wildman–Crippen LogP) is 9.46. The van der Waals surface area contributed by atoms with E-state index in [4.69, 9.17) is 0 Å². The van der Waals surface area contributed by atoms with E-state index in [0.717, 1.165) is 35.5 Å². The van der Waals surface area contributed by atoms with Gasteiger partial charge in [-0.25, -0.2) is 0 Å². The summed E-state index contributed by atoms with van der Waals surface area (Å²) in [5, 5.41) is 0. The summed E-state index contributed by atoms with van der Waals surface area (Å²) in [5.74, 6) is 6.19. The normalized spacial score (nSPS) is 35.3. The Balaban J connectivity index is 1.15. The molecule has 0 aliphatic heterocycles. The number of unbranched alkanes of at least 4 members (excludes halogenated alkanes) is 2. The molecule has 0 atom stereocenters. The molecule has 0 heterocycles. The Morgan fingerprint density at radius 1 is 0.600 bits per heavy atom. The Morgan fingerprint density at radius 2 is 1.07 bits per heavy atom. The Kier molecular flexibility index (Phi) is 8.36. The smallest absolute Gasteiger partial charge is 0.0162 e. The maximum atomic E-state index is 2.39. The van der Waals surface area contributed by atoms with Gasteiger partial charge in [-0.05, 0) is 112 Å². The molecular weight excluding hydrogens is 360 g/mol. The molecule has 0 amide bonds. The molecule has 0 heteroatoms. The van der Waals surface area contributed by atoms with Crippen LogP contribution in [0.5, 0.6) is 0 Å². The quantitative estimate of drug-likeness (QED) is 0.394. The molecule has 3 aliphatic carbocycles. The Labute approximate surface area is 187 Å². The van der Waals surface area contributed by atoms with Crippen molar-refractivity contribution < 1.29 is 0 Å². The first kappa shape index (κ1) is 22.4. The standard InChI is InChI=1S/C30H48/c1-3-4-5-6-24-9-13-26(14-10-24)28-17-21-30(22-18-28)29-19-15-27(16-20-29)25-11-7-23(2)8-12-25/h7-8,11-12,24,26-30H,3-6,9-10,13-22H2,1-2H3. The fourth-order valence-electron chi connectivity index (χ4n) is 7.48. The third-order valence-corrected chi connectivity index (χ3v) is 9.58. The molecule has 0 saturated heterocycles. The summed E-state index contributed by atoms with van der Waals surface area (Å²) in [6.07, 6.45) is 24.2. The van der Waals surface area contributed by atoms with Crippen LogP contribution in [-0.4, -0.2) is 0 Å². The van der Waals surface area contributed by atoms with E-state index in [2.05, 4.69) is 38.1 Å². The summed E-state index contributed by atoms with van der Waals surface area (Å²) in [4.78, 5) is 0. The van der Waals surface area contributed by atoms with Gasteiger partial charge in [-0.15, -0.1) is 0 Å². The number of hydrogen-bond acceptors (Lipinski definition) is 0. The van der Waals surface area contributed by atoms with Gasteiger partial charge in [0.2, 0.25) is 0 Å². The van der Waals surface area contributed by atoms with Crippen LogP contribution in [0.3, 0.4) is 0 Å². The van der Waals surface area contributed by atoms with Crippen molar-refractivity contribution in [2.24, 2.45) is 29.6 Å². The molecule has 0 bridgehead atoms. The summed E-state index contributed by atoms with van der Waals surface area (Å²) >= 11 is 0. The minimum absolute atomic E-state index is 0.839. The molecule has 168 valence electrons. The second-order valence-corrected chi connectivity index (χ2v) is 11.5. The van der Waals surface area contributed by atoms with Crippen molar-refractivity contribution in [3.8, 4) is 0 Å². The highest BCUT2D eigenvalue weighted by atomic mass is 14.4. The van der Waals surface area contributed by atoms with Crippen LogP contribution in [0.2, 0.25) is 0 Å². The van der Waals surface area contributed by atoms with E-state index < -0.39 is 0 Å². The molecule has 3 saturated carbocycles. The van der Waals surface area contributed by atoms with Crippen molar-refractivity contribution in [3.63, 3.8) is 0 Å². The molecule has 0 aromatic heterocycles. The molecule has 4 rings (SSSR count). The van der Waals surface area contributed by atoms with Crippen LogP contribution < -0.4 is 0 Å². The topological polar surface area (TPSA) is 0 Å². The van der Waals surface area contributed by atoms with Gasteiger partial charge < -0.3 is 0 Å². The van der Waals surface area contributed by atoms with Crippen molar-refractivity contribution >= 4 is 0 Å². The first-order chi connectivity index (χ1) is 14.7. The van der Waals surface area contributed by atoms with Gasteiger partial charge in [-0.2, -0.15) is 0 Å². The number of rotatable bonds is 7. The van der Waals surface area contributed by atoms with Crippen LogP contribution >= 0.6 is 0 Å². The Bertz CT molecular complexity index is 589. The van der Waals surface area contributed by atoms with Crippen molar-refractivity contribution in [1.29, 1.82) is 0 Å². The van der Waals surface area contributed by atoms with Crippen LogP contribution in [0.25, 0.3) is 0 Å². The maximum Gasteiger partial charge on any atom is -0.0162 e. The lowest BCUT2D eigenvalue weighted by Gasteiger charge is -2.41. The van der Waals surface area contributed by atoms with E-state index in [9.17, 15) is 0 Å². The minimum Gasteiger partial charge on any atom is -0.0654 e. The molecule has 0 unspecified atom stereocenters. The van der Waals surface area contributed by atoms with Gasteiger partial charge >= 0.3 is 0 Å². The average Bonchev–Trinajstić information content (AvgIpc) is 2.81. The lowest BCUT2D eigenvalue weighted by molar-refractivity contribution is 0.108. The van der Waals surface area contributed by atoms with Gasteiger partial charge in [-0.1, -0.05) is 75.3 Å². The van der Waals surface area contributed by atoms with Gasteiger partial charge in [0.05, 0.1) is 0 Å². The number of benzene rings is 1. The van der Waals surface area contributed by atoms with E-state index in [0.29, 0.717) is 0 Å². The maximum absolute atomic E-state index is 2.39. The van der Waals surface area contributed by atoms with Crippen LogP contribution in [0.1, 0.15) is 127 Å². The van der Waals surface area contributed by atoms with Crippen molar-refractivity contribution in [3.05, 3.63) is 35.4 Å².